The van der Waals surface area contributed by atoms with Gasteiger partial charge in [0, 0.05) is 24.5 Å². The fraction of sp³-hybridized carbons (Fsp3) is 0.667. The summed E-state index contributed by atoms with van der Waals surface area (Å²) in [6.45, 7) is 6.26. The zero-order valence-electron chi connectivity index (χ0n) is 13.7. The van der Waals surface area contributed by atoms with Gasteiger partial charge in [-0.3, -0.25) is 4.90 Å². The van der Waals surface area contributed by atoms with Crippen molar-refractivity contribution in [3.63, 3.8) is 0 Å². The molecular formula is C18H25NO3S. The van der Waals surface area contributed by atoms with E-state index in [1.165, 1.54) is 4.88 Å². The number of aliphatic hydroxyl groups excluding tert-OH is 2. The van der Waals surface area contributed by atoms with E-state index in [4.69, 9.17) is 0 Å². The van der Waals surface area contributed by atoms with E-state index < -0.39 is 17.8 Å². The van der Waals surface area contributed by atoms with Crippen LogP contribution in [0.2, 0.25) is 0 Å². The molecule has 1 aromatic rings. The van der Waals surface area contributed by atoms with Gasteiger partial charge in [-0.2, -0.15) is 0 Å². The first-order chi connectivity index (χ1) is 10.8. The monoisotopic (exact) mass is 335 g/mol. The Morgan fingerprint density at radius 2 is 1.78 bits per heavy atom. The third-order valence-corrected chi connectivity index (χ3v) is 5.70. The van der Waals surface area contributed by atoms with E-state index in [2.05, 4.69) is 22.8 Å². The molecule has 0 unspecified atom stereocenters. The molecule has 0 amide bonds. The van der Waals surface area contributed by atoms with Gasteiger partial charge in [-0.05, 0) is 50.7 Å². The Bertz CT molecular complexity index is 592. The second-order valence-electron chi connectivity index (χ2n) is 7.40. The number of rotatable bonds is 2. The number of thiophene rings is 1. The fourth-order valence-electron chi connectivity index (χ4n) is 3.60. The summed E-state index contributed by atoms with van der Waals surface area (Å²) < 4.78 is 0. The number of hydrogen-bond acceptors (Lipinski definition) is 5. The van der Waals surface area contributed by atoms with Crippen LogP contribution in [-0.2, 0) is 6.54 Å². The van der Waals surface area contributed by atoms with Crippen molar-refractivity contribution >= 4 is 11.3 Å². The minimum absolute atomic E-state index is 0.503. The summed E-state index contributed by atoms with van der Waals surface area (Å²) in [5.74, 6) is 6.87. The van der Waals surface area contributed by atoms with Crippen LogP contribution in [0.25, 0.3) is 0 Å². The van der Waals surface area contributed by atoms with Gasteiger partial charge < -0.3 is 15.3 Å². The Morgan fingerprint density at radius 3 is 2.35 bits per heavy atom. The predicted octanol–water partition coefficient (Wildman–Crippen LogP) is 1.43. The number of aliphatic hydroxyl groups is 3. The summed E-state index contributed by atoms with van der Waals surface area (Å²) in [6.07, 6.45) is 0.327. The SMILES string of the molecule is CC(C)(O)C#Cc1ccc(CN2C[C@H]3C[C@H](O)[C@@H](O)C[C@H]3C2)s1. The van der Waals surface area contributed by atoms with E-state index in [9.17, 15) is 15.3 Å². The Morgan fingerprint density at radius 1 is 1.17 bits per heavy atom. The molecule has 5 heteroatoms. The lowest BCUT2D eigenvalue weighted by Gasteiger charge is -2.32. The van der Waals surface area contributed by atoms with E-state index in [-0.39, 0.29) is 0 Å². The summed E-state index contributed by atoms with van der Waals surface area (Å²) >= 11 is 1.67. The Hall–Kier alpha value is -0.900. The second-order valence-corrected chi connectivity index (χ2v) is 8.56. The largest absolute Gasteiger partial charge is 0.390 e. The molecule has 4 nitrogen and oxygen atoms in total. The molecule has 0 bridgehead atoms. The molecule has 1 aromatic heterocycles. The molecule has 4 atom stereocenters. The van der Waals surface area contributed by atoms with Crippen LogP contribution in [-0.4, -0.2) is 51.1 Å². The van der Waals surface area contributed by atoms with Gasteiger partial charge in [0.1, 0.15) is 5.60 Å². The summed E-state index contributed by atoms with van der Waals surface area (Å²) in [6, 6.07) is 4.11. The van der Waals surface area contributed by atoms with Crippen LogP contribution in [0.3, 0.4) is 0 Å². The van der Waals surface area contributed by atoms with Crippen LogP contribution < -0.4 is 0 Å². The maximum absolute atomic E-state index is 9.83. The standard InChI is InChI=1S/C18H25NO3S/c1-18(2,22)6-5-14-3-4-15(23-14)11-19-9-12-7-16(20)17(21)8-13(12)10-19/h3-4,12-13,16-17,20-22H,7-11H2,1-2H3/t12-,13+,16-,17-/m0/s1. The van der Waals surface area contributed by atoms with Crippen LogP contribution in [0.15, 0.2) is 12.1 Å². The van der Waals surface area contributed by atoms with Crippen molar-refractivity contribution in [1.29, 1.82) is 0 Å². The summed E-state index contributed by atoms with van der Waals surface area (Å²) in [7, 11) is 0. The molecule has 2 aliphatic rings. The van der Waals surface area contributed by atoms with Gasteiger partial charge in [0.2, 0.25) is 0 Å². The molecule has 23 heavy (non-hydrogen) atoms. The minimum atomic E-state index is -0.962. The first-order valence-electron chi connectivity index (χ1n) is 8.23. The smallest absolute Gasteiger partial charge is 0.120 e. The lowest BCUT2D eigenvalue weighted by molar-refractivity contribution is -0.0372. The number of nitrogens with zero attached hydrogens (tertiary/aromatic N) is 1. The van der Waals surface area contributed by atoms with Crippen molar-refractivity contribution < 1.29 is 15.3 Å². The molecule has 2 heterocycles. The molecule has 1 aliphatic carbocycles. The van der Waals surface area contributed by atoms with Crippen molar-refractivity contribution in [2.24, 2.45) is 11.8 Å². The zero-order valence-corrected chi connectivity index (χ0v) is 14.5. The van der Waals surface area contributed by atoms with Crippen LogP contribution in [0, 0.1) is 23.7 Å². The first kappa shape index (κ1) is 16.9. The molecule has 0 spiro atoms. The Balaban J connectivity index is 1.59. The van der Waals surface area contributed by atoms with E-state index in [0.717, 1.165) is 37.4 Å². The third-order valence-electron chi connectivity index (χ3n) is 4.72. The third kappa shape index (κ3) is 4.34. The first-order valence-corrected chi connectivity index (χ1v) is 9.04. The fourth-order valence-corrected chi connectivity index (χ4v) is 4.50. The maximum Gasteiger partial charge on any atom is 0.120 e. The van der Waals surface area contributed by atoms with Crippen LogP contribution in [0.5, 0.6) is 0 Å². The predicted molar refractivity (Wildman–Crippen MR) is 91.0 cm³/mol. The Kier molecular flexibility index (Phi) is 4.82. The van der Waals surface area contributed by atoms with Crippen molar-refractivity contribution in [2.75, 3.05) is 13.1 Å². The molecule has 126 valence electrons. The van der Waals surface area contributed by atoms with Gasteiger partial charge in [0.15, 0.2) is 0 Å². The summed E-state index contributed by atoms with van der Waals surface area (Å²) in [4.78, 5) is 4.66. The number of hydrogen-bond donors (Lipinski definition) is 3. The lowest BCUT2D eigenvalue weighted by atomic mass is 9.79. The Labute approximate surface area is 141 Å². The maximum atomic E-state index is 9.83. The van der Waals surface area contributed by atoms with Crippen LogP contribution >= 0.6 is 11.3 Å². The molecule has 0 radical (unpaired) electrons. The molecule has 1 saturated carbocycles. The molecular weight excluding hydrogens is 310 g/mol. The molecule has 2 fully saturated rings. The van der Waals surface area contributed by atoms with Gasteiger partial charge in [-0.1, -0.05) is 11.8 Å². The molecule has 1 saturated heterocycles. The van der Waals surface area contributed by atoms with E-state index in [1.54, 1.807) is 25.2 Å². The zero-order chi connectivity index (χ0) is 16.6. The van der Waals surface area contributed by atoms with Crippen molar-refractivity contribution in [2.45, 2.75) is 51.0 Å². The van der Waals surface area contributed by atoms with Gasteiger partial charge in [-0.25, -0.2) is 0 Å². The van der Waals surface area contributed by atoms with Crippen molar-refractivity contribution in [1.82, 2.24) is 4.90 Å². The number of likely N-dealkylation sites (tertiary alicyclic amines) is 1. The topological polar surface area (TPSA) is 63.9 Å². The van der Waals surface area contributed by atoms with Crippen LogP contribution in [0.4, 0.5) is 0 Å². The molecule has 3 rings (SSSR count). The average molecular weight is 335 g/mol. The van der Waals surface area contributed by atoms with Crippen molar-refractivity contribution in [3.8, 4) is 11.8 Å². The lowest BCUT2D eigenvalue weighted by Crippen LogP contribution is -2.38. The molecule has 0 aromatic carbocycles. The summed E-state index contributed by atoms with van der Waals surface area (Å²) in [5, 5.41) is 29.3. The van der Waals surface area contributed by atoms with Crippen LogP contribution in [0.1, 0.15) is 36.4 Å². The van der Waals surface area contributed by atoms with E-state index in [0.29, 0.717) is 11.8 Å². The highest BCUT2D eigenvalue weighted by molar-refractivity contribution is 7.12. The highest BCUT2D eigenvalue weighted by Crippen LogP contribution is 2.37. The van der Waals surface area contributed by atoms with Gasteiger partial charge in [0.25, 0.3) is 0 Å². The highest BCUT2D eigenvalue weighted by Gasteiger charge is 2.40. The normalized spacial score (nSPS) is 31.5. The summed E-state index contributed by atoms with van der Waals surface area (Å²) in [5.41, 5.74) is -0.962. The quantitative estimate of drug-likeness (QED) is 0.716. The minimum Gasteiger partial charge on any atom is -0.390 e. The molecule has 3 N–H and O–H groups in total. The van der Waals surface area contributed by atoms with Gasteiger partial charge in [-0.15, -0.1) is 11.3 Å². The number of fused-ring (bicyclic) bond motifs is 1. The van der Waals surface area contributed by atoms with E-state index >= 15 is 0 Å². The van der Waals surface area contributed by atoms with Gasteiger partial charge in [0.05, 0.1) is 17.1 Å². The van der Waals surface area contributed by atoms with Crippen molar-refractivity contribution in [3.05, 3.63) is 21.9 Å². The van der Waals surface area contributed by atoms with E-state index in [1.807, 2.05) is 6.07 Å². The van der Waals surface area contributed by atoms with Gasteiger partial charge >= 0.3 is 0 Å². The second kappa shape index (κ2) is 6.54. The average Bonchev–Trinajstić information content (AvgIpc) is 3.03. The molecule has 1 aliphatic heterocycles. The highest BCUT2D eigenvalue weighted by atomic mass is 32.1.